The Morgan fingerprint density at radius 2 is 1.78 bits per heavy atom. The molecule has 0 fully saturated rings. The third-order valence-corrected chi connectivity index (χ3v) is 5.09. The van der Waals surface area contributed by atoms with Gasteiger partial charge in [0.25, 0.3) is 0 Å². The molecule has 6 heteroatoms. The van der Waals surface area contributed by atoms with E-state index < -0.39 is 8.32 Å². The molecule has 0 spiro atoms. The van der Waals surface area contributed by atoms with Gasteiger partial charge in [-0.3, -0.25) is 6.08 Å². The first kappa shape index (κ1) is 32.0. The molecule has 0 aromatic heterocycles. The van der Waals surface area contributed by atoms with E-state index in [0.29, 0.717) is 5.92 Å². The van der Waals surface area contributed by atoms with Gasteiger partial charge in [0.15, 0.2) is 8.32 Å². The summed E-state index contributed by atoms with van der Waals surface area (Å²) in [6.07, 6.45) is 12.1. The molecule has 1 atom stereocenters. The fraction of sp³-hybridized carbons (Fsp3) is 0.333. The molecular formula is C21H31Cl2OSi2Zr-3. The minimum atomic E-state index is -1.42. The third-order valence-electron chi connectivity index (χ3n) is 4.02. The number of rotatable bonds is 5. The van der Waals surface area contributed by atoms with E-state index in [9.17, 15) is 0 Å². The van der Waals surface area contributed by atoms with Crippen LogP contribution in [-0.4, -0.2) is 21.8 Å². The summed E-state index contributed by atoms with van der Waals surface area (Å²) in [4.78, 5) is 0. The molecule has 2 aliphatic rings. The van der Waals surface area contributed by atoms with Crippen LogP contribution in [0.1, 0.15) is 29.9 Å². The van der Waals surface area contributed by atoms with E-state index in [1.54, 1.807) is 0 Å². The summed E-state index contributed by atoms with van der Waals surface area (Å²) < 4.78 is 6.03. The normalized spacial score (nSPS) is 16.0. The van der Waals surface area contributed by atoms with Crippen LogP contribution in [0.15, 0.2) is 48.1 Å². The van der Waals surface area contributed by atoms with Gasteiger partial charge in [-0.05, 0) is 42.8 Å². The Labute approximate surface area is 197 Å². The van der Waals surface area contributed by atoms with E-state index in [1.807, 2.05) is 0 Å². The summed E-state index contributed by atoms with van der Waals surface area (Å²) in [6.45, 7) is 10.6. The SMILES string of the molecule is C[Si](C)(C)OCCC1=CC(C2=[C-]C=CC2)c2ccccc21.Cl.Cl.[CH3-].[CH3-].[Si]=[Zr]. The van der Waals surface area contributed by atoms with Gasteiger partial charge in [-0.25, -0.2) is 12.2 Å². The average molecular weight is 518 g/mol. The molecule has 1 aromatic carbocycles. The Hall–Kier alpha value is 0.297. The molecule has 0 N–H and O–H groups in total. The molecule has 0 heterocycles. The predicted octanol–water partition coefficient (Wildman–Crippen LogP) is 6.46. The van der Waals surface area contributed by atoms with Gasteiger partial charge >= 0.3 is 30.2 Å². The Bertz CT molecular complexity index is 652. The van der Waals surface area contributed by atoms with Crippen molar-refractivity contribution in [3.63, 3.8) is 0 Å². The quantitative estimate of drug-likeness (QED) is 0.322. The van der Waals surface area contributed by atoms with Crippen LogP contribution >= 0.6 is 24.8 Å². The van der Waals surface area contributed by atoms with Gasteiger partial charge in [0, 0.05) is 12.5 Å². The molecule has 0 saturated carbocycles. The minimum absolute atomic E-state index is 0. The molecule has 150 valence electrons. The first-order valence-corrected chi connectivity index (χ1v) is 15.6. The van der Waals surface area contributed by atoms with Crippen LogP contribution in [0.5, 0.6) is 0 Å². The van der Waals surface area contributed by atoms with Crippen molar-refractivity contribution in [3.8, 4) is 0 Å². The average Bonchev–Trinajstić information content (AvgIpc) is 3.16. The molecule has 27 heavy (non-hydrogen) atoms. The van der Waals surface area contributed by atoms with Gasteiger partial charge < -0.3 is 19.3 Å². The van der Waals surface area contributed by atoms with Crippen LogP contribution in [0.4, 0.5) is 0 Å². The number of benzene rings is 1. The van der Waals surface area contributed by atoms with Crippen LogP contribution in [0.3, 0.4) is 0 Å². The van der Waals surface area contributed by atoms with Gasteiger partial charge in [0.1, 0.15) is 0 Å². The van der Waals surface area contributed by atoms with Gasteiger partial charge in [-0.2, -0.15) is 5.57 Å². The molecule has 0 amide bonds. The van der Waals surface area contributed by atoms with Crippen molar-refractivity contribution >= 4 is 45.6 Å². The topological polar surface area (TPSA) is 9.23 Å². The molecule has 2 aliphatic carbocycles. The van der Waals surface area contributed by atoms with Crippen molar-refractivity contribution in [2.75, 3.05) is 6.61 Å². The Kier molecular flexibility index (Phi) is 18.0. The zero-order valence-electron chi connectivity index (χ0n) is 17.0. The molecule has 0 saturated heterocycles. The summed E-state index contributed by atoms with van der Waals surface area (Å²) in [7, 11) is -1.42. The van der Waals surface area contributed by atoms with Crippen LogP contribution in [0, 0.1) is 20.9 Å². The van der Waals surface area contributed by atoms with Crippen molar-refractivity contribution in [1.29, 1.82) is 0 Å². The van der Waals surface area contributed by atoms with Crippen LogP contribution in [-0.2, 0) is 27.8 Å². The number of hydrogen-bond acceptors (Lipinski definition) is 1. The molecular weight excluding hydrogens is 487 g/mol. The van der Waals surface area contributed by atoms with Crippen molar-refractivity contribution in [1.82, 2.24) is 0 Å². The maximum atomic E-state index is 6.03. The predicted molar refractivity (Wildman–Crippen MR) is 125 cm³/mol. The second-order valence-electron chi connectivity index (χ2n) is 6.74. The molecule has 1 unspecified atom stereocenters. The van der Waals surface area contributed by atoms with Crippen molar-refractivity contribution in [2.24, 2.45) is 0 Å². The summed E-state index contributed by atoms with van der Waals surface area (Å²) in [5, 5.41) is 0. The summed E-state index contributed by atoms with van der Waals surface area (Å²) >= 11 is 1.36. The van der Waals surface area contributed by atoms with E-state index in [0.717, 1.165) is 19.4 Å². The first-order chi connectivity index (χ1) is 11.0. The maximum absolute atomic E-state index is 6.03. The Morgan fingerprint density at radius 3 is 2.33 bits per heavy atom. The van der Waals surface area contributed by atoms with Crippen LogP contribution in [0.2, 0.25) is 19.6 Å². The van der Waals surface area contributed by atoms with Gasteiger partial charge in [0.05, 0.1) is 0 Å². The number of allylic oxidation sites excluding steroid dienone is 5. The Morgan fingerprint density at radius 1 is 1.15 bits per heavy atom. The van der Waals surface area contributed by atoms with E-state index in [-0.39, 0.29) is 39.7 Å². The molecule has 3 rings (SSSR count). The van der Waals surface area contributed by atoms with E-state index >= 15 is 0 Å². The summed E-state index contributed by atoms with van der Waals surface area (Å²) in [5.41, 5.74) is 5.67. The van der Waals surface area contributed by atoms with Gasteiger partial charge in [0.2, 0.25) is 0 Å². The number of halogens is 2. The zero-order valence-corrected chi connectivity index (χ0v) is 23.1. The summed E-state index contributed by atoms with van der Waals surface area (Å²) in [5.74, 6) is 0.415. The summed E-state index contributed by atoms with van der Waals surface area (Å²) in [6, 6.07) is 8.79. The van der Waals surface area contributed by atoms with E-state index in [2.05, 4.69) is 75.1 Å². The molecule has 0 bridgehead atoms. The number of fused-ring (bicyclic) bond motifs is 1. The van der Waals surface area contributed by atoms with Crippen molar-refractivity contribution < 1.29 is 27.8 Å². The van der Waals surface area contributed by atoms with Crippen molar-refractivity contribution in [2.45, 2.75) is 38.4 Å². The standard InChI is InChI=1S/C19H23OSi.2CH3.2ClH.Si.Zr/c1-21(2,3)20-13-12-16-14-19(15-8-4-5-9-15)18-11-7-6-10-17(16)18;;;;;;/h4-7,10-11,14,19H,8,12-13H2,1-3H3;2*1H3;2*1H;;/q3*-1;;;;. The fourth-order valence-corrected chi connectivity index (χ4v) is 3.76. The molecule has 1 aromatic rings. The number of hydrogen-bond donors (Lipinski definition) is 0. The van der Waals surface area contributed by atoms with E-state index in [4.69, 9.17) is 4.43 Å². The van der Waals surface area contributed by atoms with Crippen LogP contribution < -0.4 is 0 Å². The van der Waals surface area contributed by atoms with Gasteiger partial charge in [-0.15, -0.1) is 24.8 Å². The third kappa shape index (κ3) is 9.10. The first-order valence-electron chi connectivity index (χ1n) is 8.01. The van der Waals surface area contributed by atoms with Gasteiger partial charge in [-0.1, -0.05) is 36.8 Å². The fourth-order valence-electron chi connectivity index (χ4n) is 3.04. The van der Waals surface area contributed by atoms with Crippen molar-refractivity contribution in [3.05, 3.63) is 80.1 Å². The Balaban J connectivity index is -0.000000930. The monoisotopic (exact) mass is 515 g/mol. The van der Waals surface area contributed by atoms with E-state index in [1.165, 1.54) is 45.6 Å². The molecule has 2 radical (unpaired) electrons. The second-order valence-corrected chi connectivity index (χ2v) is 11.3. The molecule has 0 aliphatic heterocycles. The zero-order chi connectivity index (χ0) is 16.9. The second kappa shape index (κ2) is 15.2. The molecule has 1 nitrogen and oxygen atoms in total. The van der Waals surface area contributed by atoms with Crippen LogP contribution in [0.25, 0.3) is 5.57 Å².